The van der Waals surface area contributed by atoms with E-state index in [4.69, 9.17) is 21.1 Å². The molecule has 0 bridgehead atoms. The maximum atomic E-state index is 12.5. The van der Waals surface area contributed by atoms with Gasteiger partial charge in [-0.15, -0.1) is 11.3 Å². The maximum Gasteiger partial charge on any atom is 0.271 e. The Morgan fingerprint density at radius 2 is 1.94 bits per heavy atom. The molecule has 3 aromatic rings. The van der Waals surface area contributed by atoms with Crippen LogP contribution < -0.4 is 9.47 Å². The molecule has 0 atom stereocenters. The molecule has 0 N–H and O–H groups in total. The fraction of sp³-hybridized carbons (Fsp3) is 0.208. The number of hydrogen-bond donors (Lipinski definition) is 0. The van der Waals surface area contributed by atoms with Crippen molar-refractivity contribution in [2.75, 3.05) is 7.11 Å². The van der Waals surface area contributed by atoms with E-state index in [2.05, 4.69) is 6.92 Å². The number of non-ortho nitro benzene ring substituents is 1. The van der Waals surface area contributed by atoms with Gasteiger partial charge in [0.15, 0.2) is 5.78 Å². The average molecular weight is 472 g/mol. The maximum absolute atomic E-state index is 12.5. The van der Waals surface area contributed by atoms with Crippen LogP contribution in [-0.4, -0.2) is 17.8 Å². The molecule has 3 rings (SSSR count). The second kappa shape index (κ2) is 10.9. The minimum atomic E-state index is -0.517. The van der Waals surface area contributed by atoms with Crippen LogP contribution >= 0.6 is 22.9 Å². The summed E-state index contributed by atoms with van der Waals surface area (Å²) in [6, 6.07) is 13.4. The topological polar surface area (TPSA) is 78.7 Å². The van der Waals surface area contributed by atoms with Crippen molar-refractivity contribution in [3.63, 3.8) is 0 Å². The van der Waals surface area contributed by atoms with Crippen molar-refractivity contribution in [3.8, 4) is 11.5 Å². The van der Waals surface area contributed by atoms with Crippen LogP contribution in [0.1, 0.15) is 39.0 Å². The number of nitro groups is 1. The highest BCUT2D eigenvalue weighted by atomic mass is 35.5. The fourth-order valence-electron chi connectivity index (χ4n) is 3.04. The van der Waals surface area contributed by atoms with Gasteiger partial charge in [-0.25, -0.2) is 0 Å². The Labute approximate surface area is 195 Å². The van der Waals surface area contributed by atoms with Crippen molar-refractivity contribution in [3.05, 3.63) is 90.6 Å². The van der Waals surface area contributed by atoms with Gasteiger partial charge in [0.25, 0.3) is 5.69 Å². The largest absolute Gasteiger partial charge is 0.496 e. The van der Waals surface area contributed by atoms with E-state index in [1.807, 2.05) is 24.3 Å². The normalized spacial score (nSPS) is 11.0. The van der Waals surface area contributed by atoms with E-state index in [1.165, 1.54) is 34.4 Å². The highest BCUT2D eigenvalue weighted by Gasteiger charge is 2.12. The molecule has 0 saturated carbocycles. The molecule has 0 radical (unpaired) electrons. The number of allylic oxidation sites excluding steroid dienone is 1. The summed E-state index contributed by atoms with van der Waals surface area (Å²) in [5, 5.41) is 11.0. The molecule has 1 heterocycles. The van der Waals surface area contributed by atoms with Gasteiger partial charge in [-0.3, -0.25) is 14.9 Å². The quantitative estimate of drug-likeness (QED) is 0.141. The van der Waals surface area contributed by atoms with E-state index in [1.54, 1.807) is 25.3 Å². The predicted molar refractivity (Wildman–Crippen MR) is 127 cm³/mol. The number of carbonyl (C=O) groups excluding carboxylic acids is 1. The van der Waals surface area contributed by atoms with Crippen LogP contribution in [0.2, 0.25) is 5.02 Å². The van der Waals surface area contributed by atoms with Gasteiger partial charge in [-0.1, -0.05) is 37.1 Å². The van der Waals surface area contributed by atoms with Crippen molar-refractivity contribution in [1.82, 2.24) is 0 Å². The molecule has 8 heteroatoms. The van der Waals surface area contributed by atoms with Crippen LogP contribution in [-0.2, 0) is 13.0 Å². The second-order valence-electron chi connectivity index (χ2n) is 6.95. The SMILES string of the molecule is CCCc1ccc(C(=O)/C=C/c2ccc(OC)c(COc3ccc([N+](=O)[O-])cc3Cl)c2)s1. The number of thiophene rings is 1. The van der Waals surface area contributed by atoms with E-state index in [0.717, 1.165) is 28.8 Å². The number of ether oxygens (including phenoxy) is 2. The van der Waals surface area contributed by atoms with Gasteiger partial charge in [0, 0.05) is 22.6 Å². The number of methoxy groups -OCH3 is 1. The van der Waals surface area contributed by atoms with Crippen molar-refractivity contribution in [2.24, 2.45) is 0 Å². The Hall–Kier alpha value is -3.16. The number of nitro benzene ring substituents is 1. The summed E-state index contributed by atoms with van der Waals surface area (Å²) in [6.45, 7) is 2.25. The molecule has 0 amide bonds. The minimum Gasteiger partial charge on any atom is -0.496 e. The van der Waals surface area contributed by atoms with Crippen molar-refractivity contribution >= 4 is 40.5 Å². The molecule has 0 aliphatic heterocycles. The second-order valence-corrected chi connectivity index (χ2v) is 8.52. The third-order valence-corrected chi connectivity index (χ3v) is 6.10. The van der Waals surface area contributed by atoms with E-state index in [9.17, 15) is 14.9 Å². The molecule has 0 spiro atoms. The lowest BCUT2D eigenvalue weighted by molar-refractivity contribution is -0.384. The number of ketones is 1. The summed E-state index contributed by atoms with van der Waals surface area (Å²) < 4.78 is 11.2. The first kappa shape index (κ1) is 23.5. The number of nitrogens with zero attached hydrogens (tertiary/aromatic N) is 1. The van der Waals surface area contributed by atoms with Crippen LogP contribution in [0.4, 0.5) is 5.69 Å². The van der Waals surface area contributed by atoms with E-state index >= 15 is 0 Å². The molecule has 0 aliphatic rings. The number of hydrogen-bond acceptors (Lipinski definition) is 6. The van der Waals surface area contributed by atoms with Crippen molar-refractivity contribution in [1.29, 1.82) is 0 Å². The lowest BCUT2D eigenvalue weighted by atomic mass is 10.1. The molecule has 0 fully saturated rings. The fourth-order valence-corrected chi connectivity index (χ4v) is 4.29. The minimum absolute atomic E-state index is 0.0383. The van der Waals surface area contributed by atoms with E-state index in [-0.39, 0.29) is 23.1 Å². The summed E-state index contributed by atoms with van der Waals surface area (Å²) in [7, 11) is 1.56. The molecule has 0 saturated heterocycles. The first-order chi connectivity index (χ1) is 15.4. The van der Waals surface area contributed by atoms with Gasteiger partial charge in [-0.2, -0.15) is 0 Å². The molecule has 0 unspecified atom stereocenters. The van der Waals surface area contributed by atoms with Crippen LogP contribution in [0.5, 0.6) is 11.5 Å². The van der Waals surface area contributed by atoms with Crippen LogP contribution in [0.3, 0.4) is 0 Å². The highest BCUT2D eigenvalue weighted by Crippen LogP contribution is 2.30. The lowest BCUT2D eigenvalue weighted by Gasteiger charge is -2.12. The van der Waals surface area contributed by atoms with Crippen LogP contribution in [0.25, 0.3) is 6.08 Å². The lowest BCUT2D eigenvalue weighted by Crippen LogP contribution is -2.00. The van der Waals surface area contributed by atoms with Crippen LogP contribution in [0.15, 0.2) is 54.6 Å². The molecule has 166 valence electrons. The molecular formula is C24H22ClNO5S. The Morgan fingerprint density at radius 3 is 2.62 bits per heavy atom. The Bertz CT molecular complexity index is 1160. The van der Waals surface area contributed by atoms with Crippen molar-refractivity contribution < 1.29 is 19.2 Å². The average Bonchev–Trinajstić information content (AvgIpc) is 3.25. The summed E-state index contributed by atoms with van der Waals surface area (Å²) in [4.78, 5) is 24.7. The number of rotatable bonds is 10. The van der Waals surface area contributed by atoms with Gasteiger partial charge in [0.2, 0.25) is 0 Å². The van der Waals surface area contributed by atoms with Crippen LogP contribution in [0, 0.1) is 10.1 Å². The number of carbonyl (C=O) groups is 1. The highest BCUT2D eigenvalue weighted by molar-refractivity contribution is 7.14. The number of halogens is 1. The monoisotopic (exact) mass is 471 g/mol. The first-order valence-electron chi connectivity index (χ1n) is 9.96. The molecular weight excluding hydrogens is 450 g/mol. The Kier molecular flexibility index (Phi) is 8.03. The third kappa shape index (κ3) is 5.96. The third-order valence-electron chi connectivity index (χ3n) is 4.64. The number of aryl methyl sites for hydroxylation is 1. The first-order valence-corrected chi connectivity index (χ1v) is 11.2. The summed E-state index contributed by atoms with van der Waals surface area (Å²) in [6.07, 6.45) is 5.33. The molecule has 32 heavy (non-hydrogen) atoms. The molecule has 1 aromatic heterocycles. The predicted octanol–water partition coefficient (Wildman–Crippen LogP) is 6.75. The van der Waals surface area contributed by atoms with Gasteiger partial charge >= 0.3 is 0 Å². The standard InChI is InChI=1S/C24H22ClNO5S/c1-3-4-19-8-12-24(32-19)21(27)9-5-16-6-10-22(30-2)17(13-16)15-31-23-11-7-18(26(28)29)14-20(23)25/h5-14H,3-4,15H2,1-2H3/b9-5+. The van der Waals surface area contributed by atoms with E-state index in [0.29, 0.717) is 11.5 Å². The molecule has 2 aromatic carbocycles. The summed E-state index contributed by atoms with van der Waals surface area (Å²) in [5.41, 5.74) is 1.46. The zero-order valence-corrected chi connectivity index (χ0v) is 19.2. The van der Waals surface area contributed by atoms with E-state index < -0.39 is 4.92 Å². The van der Waals surface area contributed by atoms with Crippen molar-refractivity contribution in [2.45, 2.75) is 26.4 Å². The van der Waals surface area contributed by atoms with Gasteiger partial charge in [0.1, 0.15) is 18.1 Å². The Balaban J connectivity index is 1.73. The van der Waals surface area contributed by atoms with Gasteiger partial charge in [0.05, 0.1) is 21.9 Å². The van der Waals surface area contributed by atoms with Gasteiger partial charge < -0.3 is 9.47 Å². The smallest absolute Gasteiger partial charge is 0.271 e. The molecule has 6 nitrogen and oxygen atoms in total. The summed E-state index contributed by atoms with van der Waals surface area (Å²) >= 11 is 7.62. The zero-order chi connectivity index (χ0) is 23.1. The number of benzene rings is 2. The summed E-state index contributed by atoms with van der Waals surface area (Å²) in [5.74, 6) is 0.911. The zero-order valence-electron chi connectivity index (χ0n) is 17.7. The Morgan fingerprint density at radius 1 is 1.16 bits per heavy atom. The van der Waals surface area contributed by atoms with Gasteiger partial charge in [-0.05, 0) is 48.4 Å². The molecule has 0 aliphatic carbocycles.